The topological polar surface area (TPSA) is 50.2 Å². The Kier molecular flexibility index (Phi) is 2.63. The highest BCUT2D eigenvalue weighted by Gasteiger charge is 2.32. The number of benzene rings is 1. The maximum Gasteiger partial charge on any atom is 0.347 e. The number of aromatic nitrogens is 1. The summed E-state index contributed by atoms with van der Waals surface area (Å²) in [6, 6.07) is 5.95. The lowest BCUT2D eigenvalue weighted by molar-refractivity contribution is 0.0700. The van der Waals surface area contributed by atoms with Crippen molar-refractivity contribution in [2.24, 2.45) is 0 Å². The molecule has 1 aliphatic carbocycles. The monoisotopic (exact) mass is 263 g/mol. The lowest BCUT2D eigenvalue weighted by atomic mass is 10.2. The van der Waals surface area contributed by atoms with Gasteiger partial charge in [0, 0.05) is 11.5 Å². The quantitative estimate of drug-likeness (QED) is 0.921. The van der Waals surface area contributed by atoms with Gasteiger partial charge >= 0.3 is 5.97 Å². The van der Waals surface area contributed by atoms with Crippen molar-refractivity contribution in [1.29, 1.82) is 0 Å². The molecule has 0 unspecified atom stereocenters. The van der Waals surface area contributed by atoms with E-state index in [2.05, 4.69) is 4.98 Å². The molecule has 5 heteroatoms. The highest BCUT2D eigenvalue weighted by atomic mass is 32.1. The van der Waals surface area contributed by atoms with E-state index in [1.165, 1.54) is 12.1 Å². The Morgan fingerprint density at radius 3 is 2.56 bits per heavy atom. The van der Waals surface area contributed by atoms with Crippen molar-refractivity contribution in [1.82, 2.24) is 4.98 Å². The van der Waals surface area contributed by atoms with E-state index in [9.17, 15) is 9.18 Å². The van der Waals surface area contributed by atoms with Crippen LogP contribution >= 0.6 is 11.3 Å². The van der Waals surface area contributed by atoms with E-state index in [0.29, 0.717) is 21.5 Å². The SMILES string of the molecule is O=C(O)c1sc(-c2ccc(F)cc2)nc1C1CC1. The molecule has 0 bridgehead atoms. The van der Waals surface area contributed by atoms with Crippen LogP contribution in [0, 0.1) is 5.82 Å². The molecule has 3 nitrogen and oxygen atoms in total. The zero-order valence-corrected chi connectivity index (χ0v) is 10.2. The highest BCUT2D eigenvalue weighted by molar-refractivity contribution is 7.17. The van der Waals surface area contributed by atoms with Gasteiger partial charge in [-0.05, 0) is 37.1 Å². The van der Waals surface area contributed by atoms with Crippen molar-refractivity contribution < 1.29 is 14.3 Å². The van der Waals surface area contributed by atoms with Crippen LogP contribution in [0.2, 0.25) is 0 Å². The smallest absolute Gasteiger partial charge is 0.347 e. The first-order valence-electron chi connectivity index (χ1n) is 5.65. The van der Waals surface area contributed by atoms with E-state index in [1.807, 2.05) is 0 Å². The van der Waals surface area contributed by atoms with Crippen molar-refractivity contribution in [3.05, 3.63) is 40.7 Å². The molecule has 0 amide bonds. The van der Waals surface area contributed by atoms with Gasteiger partial charge in [0.1, 0.15) is 15.7 Å². The minimum Gasteiger partial charge on any atom is -0.477 e. The molecular weight excluding hydrogens is 253 g/mol. The van der Waals surface area contributed by atoms with E-state index in [4.69, 9.17) is 5.11 Å². The Hall–Kier alpha value is -1.75. The van der Waals surface area contributed by atoms with E-state index in [-0.39, 0.29) is 5.82 Å². The predicted octanol–water partition coefficient (Wildman–Crippen LogP) is 3.52. The molecule has 1 saturated carbocycles. The Balaban J connectivity index is 2.04. The molecule has 0 saturated heterocycles. The van der Waals surface area contributed by atoms with Crippen LogP contribution in [0.1, 0.15) is 34.1 Å². The molecule has 1 aromatic heterocycles. The number of hydrogen-bond donors (Lipinski definition) is 1. The van der Waals surface area contributed by atoms with Gasteiger partial charge < -0.3 is 5.11 Å². The van der Waals surface area contributed by atoms with Crippen LogP contribution in [-0.4, -0.2) is 16.1 Å². The van der Waals surface area contributed by atoms with Crippen LogP contribution < -0.4 is 0 Å². The molecule has 3 rings (SSSR count). The third-order valence-corrected chi connectivity index (χ3v) is 4.01. The summed E-state index contributed by atoms with van der Waals surface area (Å²) in [5.41, 5.74) is 1.45. The number of hydrogen-bond acceptors (Lipinski definition) is 3. The van der Waals surface area contributed by atoms with Gasteiger partial charge in [0.25, 0.3) is 0 Å². The molecule has 0 aliphatic heterocycles. The fraction of sp³-hybridized carbons (Fsp3) is 0.231. The Morgan fingerprint density at radius 2 is 2.00 bits per heavy atom. The normalized spacial score (nSPS) is 14.7. The van der Waals surface area contributed by atoms with E-state index >= 15 is 0 Å². The summed E-state index contributed by atoms with van der Waals surface area (Å²) in [6.07, 6.45) is 2.01. The first-order valence-corrected chi connectivity index (χ1v) is 6.47. The van der Waals surface area contributed by atoms with Crippen molar-refractivity contribution in [3.63, 3.8) is 0 Å². The average Bonchev–Trinajstić information content (AvgIpc) is 3.09. The first kappa shape index (κ1) is 11.3. The molecule has 18 heavy (non-hydrogen) atoms. The van der Waals surface area contributed by atoms with Gasteiger partial charge in [-0.3, -0.25) is 0 Å². The number of carboxylic acid groups (broad SMARTS) is 1. The second kappa shape index (κ2) is 4.17. The summed E-state index contributed by atoms with van der Waals surface area (Å²) in [4.78, 5) is 15.9. The summed E-state index contributed by atoms with van der Waals surface area (Å²) < 4.78 is 12.8. The first-order chi connectivity index (χ1) is 8.65. The van der Waals surface area contributed by atoms with E-state index in [0.717, 1.165) is 29.7 Å². The standard InChI is InChI=1S/C13H10FNO2S/c14-9-5-3-8(4-6-9)12-15-10(7-1-2-7)11(18-12)13(16)17/h3-7H,1-2H2,(H,16,17). The van der Waals surface area contributed by atoms with Crippen molar-refractivity contribution >= 4 is 17.3 Å². The molecule has 1 fully saturated rings. The number of carbonyl (C=O) groups is 1. The summed E-state index contributed by atoms with van der Waals surface area (Å²) in [6.45, 7) is 0. The van der Waals surface area contributed by atoms with Gasteiger partial charge in [0.05, 0.1) is 5.69 Å². The maximum atomic E-state index is 12.8. The number of rotatable bonds is 3. The number of thiazole rings is 1. The van der Waals surface area contributed by atoms with E-state index < -0.39 is 5.97 Å². The number of halogens is 1. The number of aromatic carboxylic acids is 1. The summed E-state index contributed by atoms with van der Waals surface area (Å²) in [5, 5.41) is 9.80. The average molecular weight is 263 g/mol. The van der Waals surface area contributed by atoms with Crippen LogP contribution in [-0.2, 0) is 0 Å². The molecule has 2 aromatic rings. The molecule has 1 aromatic carbocycles. The minimum absolute atomic E-state index is 0.293. The van der Waals surface area contributed by atoms with E-state index in [1.54, 1.807) is 12.1 Å². The molecule has 0 spiro atoms. The lowest BCUT2D eigenvalue weighted by Crippen LogP contribution is -1.97. The van der Waals surface area contributed by atoms with Crippen LogP contribution in [0.25, 0.3) is 10.6 Å². The van der Waals surface area contributed by atoms with Gasteiger partial charge in [-0.25, -0.2) is 14.2 Å². The second-order valence-corrected chi connectivity index (χ2v) is 5.32. The Labute approximate surface area is 107 Å². The van der Waals surface area contributed by atoms with Gasteiger partial charge in [0.2, 0.25) is 0 Å². The zero-order valence-electron chi connectivity index (χ0n) is 9.39. The summed E-state index contributed by atoms with van der Waals surface area (Å²) in [5.74, 6) is -0.944. The van der Waals surface area contributed by atoms with Crippen molar-refractivity contribution in [2.75, 3.05) is 0 Å². The van der Waals surface area contributed by atoms with Crippen molar-refractivity contribution in [3.8, 4) is 10.6 Å². The molecule has 0 atom stereocenters. The Morgan fingerprint density at radius 1 is 1.33 bits per heavy atom. The van der Waals surface area contributed by atoms with Gasteiger partial charge in [-0.1, -0.05) is 0 Å². The van der Waals surface area contributed by atoms with Crippen molar-refractivity contribution in [2.45, 2.75) is 18.8 Å². The third kappa shape index (κ3) is 2.01. The fourth-order valence-corrected chi connectivity index (χ4v) is 2.83. The van der Waals surface area contributed by atoms with Crippen LogP contribution in [0.3, 0.4) is 0 Å². The molecular formula is C13H10FNO2S. The maximum absolute atomic E-state index is 12.8. The largest absolute Gasteiger partial charge is 0.477 e. The highest BCUT2D eigenvalue weighted by Crippen LogP contribution is 2.44. The fourth-order valence-electron chi connectivity index (χ4n) is 1.83. The minimum atomic E-state index is -0.928. The summed E-state index contributed by atoms with van der Waals surface area (Å²) >= 11 is 1.16. The van der Waals surface area contributed by atoms with Gasteiger partial charge in [-0.15, -0.1) is 11.3 Å². The molecule has 0 radical (unpaired) electrons. The van der Waals surface area contributed by atoms with Crippen LogP contribution in [0.5, 0.6) is 0 Å². The molecule has 1 heterocycles. The molecule has 1 N–H and O–H groups in total. The van der Waals surface area contributed by atoms with Gasteiger partial charge in [-0.2, -0.15) is 0 Å². The predicted molar refractivity (Wildman–Crippen MR) is 66.4 cm³/mol. The van der Waals surface area contributed by atoms with Gasteiger partial charge in [0.15, 0.2) is 0 Å². The number of carboxylic acids is 1. The zero-order chi connectivity index (χ0) is 12.7. The Bertz CT molecular complexity index is 602. The summed E-state index contributed by atoms with van der Waals surface area (Å²) in [7, 11) is 0. The van der Waals surface area contributed by atoms with Crippen LogP contribution in [0.15, 0.2) is 24.3 Å². The van der Waals surface area contributed by atoms with Crippen LogP contribution in [0.4, 0.5) is 4.39 Å². The molecule has 92 valence electrons. The third-order valence-electron chi connectivity index (χ3n) is 2.90. The number of nitrogens with zero attached hydrogens (tertiary/aromatic N) is 1. The lowest BCUT2D eigenvalue weighted by Gasteiger charge is -1.94. The second-order valence-electron chi connectivity index (χ2n) is 4.32. The molecule has 1 aliphatic rings.